The van der Waals surface area contributed by atoms with Crippen molar-refractivity contribution in [3.05, 3.63) is 77.4 Å². The summed E-state index contributed by atoms with van der Waals surface area (Å²) in [7, 11) is -3.72. The number of nitrogens with one attached hydrogen (secondary N) is 1. The van der Waals surface area contributed by atoms with Crippen molar-refractivity contribution in [2.75, 3.05) is 5.73 Å². The average Bonchev–Trinajstić information content (AvgIpc) is 3.26. The second kappa shape index (κ2) is 7.35. The van der Waals surface area contributed by atoms with Gasteiger partial charge in [0.25, 0.3) is 0 Å². The number of rotatable bonds is 5. The molecule has 4 aromatic rings. The maximum absolute atomic E-state index is 13.2. The fourth-order valence-electron chi connectivity index (χ4n) is 3.82. The second-order valence-corrected chi connectivity index (χ2v) is 11.3. The summed E-state index contributed by atoms with van der Waals surface area (Å²) in [6.07, 6.45) is 0. The van der Waals surface area contributed by atoms with Gasteiger partial charge in [-0.15, -0.1) is 10.2 Å². The van der Waals surface area contributed by atoms with Gasteiger partial charge >= 0.3 is 0 Å². The molecule has 0 radical (unpaired) electrons. The molecule has 9 heteroatoms. The van der Waals surface area contributed by atoms with Crippen molar-refractivity contribution in [3.63, 3.8) is 0 Å². The van der Waals surface area contributed by atoms with Crippen LogP contribution >= 0.6 is 23.1 Å². The van der Waals surface area contributed by atoms with Crippen LogP contribution in [0, 0.1) is 6.92 Å². The first-order valence-corrected chi connectivity index (χ1v) is 12.5. The molecule has 0 unspecified atom stereocenters. The third-order valence-corrected chi connectivity index (χ3v) is 8.78. The molecule has 3 N–H and O–H groups in total. The van der Waals surface area contributed by atoms with E-state index in [-0.39, 0.29) is 10.1 Å². The standard InChI is InChI=1S/C21H18N4O2S3/c1-12-8-10-14(11-9-12)30(26,27)25-18-15-6-2-4-13-5-3-7-16(17(13)15)19(18)28-21-24-23-20(22)29-21/h2-11,18-19,25H,1H3,(H2,22,23)/t18-,19-/m0/s1. The summed E-state index contributed by atoms with van der Waals surface area (Å²) in [5.41, 5.74) is 8.82. The van der Waals surface area contributed by atoms with Crippen LogP contribution in [0.5, 0.6) is 0 Å². The monoisotopic (exact) mass is 454 g/mol. The summed E-state index contributed by atoms with van der Waals surface area (Å²) in [5, 5.41) is 10.4. The topological polar surface area (TPSA) is 98.0 Å². The molecule has 1 aliphatic rings. The van der Waals surface area contributed by atoms with Gasteiger partial charge in [0.2, 0.25) is 15.2 Å². The van der Waals surface area contributed by atoms with Gasteiger partial charge in [0, 0.05) is 0 Å². The quantitative estimate of drug-likeness (QED) is 0.462. The minimum atomic E-state index is -3.72. The summed E-state index contributed by atoms with van der Waals surface area (Å²) < 4.78 is 30.1. The van der Waals surface area contributed by atoms with Gasteiger partial charge in [0.05, 0.1) is 16.2 Å². The number of hydrogen-bond donors (Lipinski definition) is 2. The molecular weight excluding hydrogens is 436 g/mol. The van der Waals surface area contributed by atoms with Crippen molar-refractivity contribution in [1.82, 2.24) is 14.9 Å². The lowest BCUT2D eigenvalue weighted by atomic mass is 10.1. The lowest BCUT2D eigenvalue weighted by Crippen LogP contribution is -2.30. The van der Waals surface area contributed by atoms with Crippen molar-refractivity contribution in [3.8, 4) is 0 Å². The van der Waals surface area contributed by atoms with Crippen molar-refractivity contribution >= 4 is 49.0 Å². The van der Waals surface area contributed by atoms with Crippen molar-refractivity contribution < 1.29 is 8.42 Å². The van der Waals surface area contributed by atoms with Crippen LogP contribution in [0.25, 0.3) is 10.8 Å². The first-order chi connectivity index (χ1) is 14.4. The predicted molar refractivity (Wildman–Crippen MR) is 121 cm³/mol. The molecule has 1 aromatic heterocycles. The first-order valence-electron chi connectivity index (χ1n) is 9.28. The van der Waals surface area contributed by atoms with Crippen LogP contribution in [-0.4, -0.2) is 18.6 Å². The normalized spacial score (nSPS) is 18.2. The Bertz CT molecular complexity index is 1350. The fourth-order valence-corrected chi connectivity index (χ4v) is 7.22. The molecule has 0 spiro atoms. The van der Waals surface area contributed by atoms with Gasteiger partial charge in [0.1, 0.15) is 0 Å². The Hall–Kier alpha value is -2.46. The van der Waals surface area contributed by atoms with E-state index < -0.39 is 16.1 Å². The zero-order chi connectivity index (χ0) is 20.9. The van der Waals surface area contributed by atoms with Crippen molar-refractivity contribution in [2.24, 2.45) is 0 Å². The predicted octanol–water partition coefficient (Wildman–Crippen LogP) is 4.45. The van der Waals surface area contributed by atoms with Gasteiger partial charge < -0.3 is 5.73 Å². The first kappa shape index (κ1) is 19.5. The lowest BCUT2D eigenvalue weighted by Gasteiger charge is -2.22. The SMILES string of the molecule is Cc1ccc(S(=O)(=O)N[C@H]2c3cccc4cccc(c34)[C@@H]2Sc2nnc(N)s2)cc1. The van der Waals surface area contributed by atoms with Gasteiger partial charge in [-0.05, 0) is 41.0 Å². The van der Waals surface area contributed by atoms with Crippen LogP contribution < -0.4 is 10.5 Å². The Labute approximate surface area is 182 Å². The van der Waals surface area contributed by atoms with Gasteiger partial charge in [0.15, 0.2) is 4.34 Å². The van der Waals surface area contributed by atoms with E-state index in [1.54, 1.807) is 24.3 Å². The number of hydrogen-bond acceptors (Lipinski definition) is 7. The smallest absolute Gasteiger partial charge is 0.241 e. The van der Waals surface area contributed by atoms with Gasteiger partial charge in [-0.25, -0.2) is 13.1 Å². The molecule has 30 heavy (non-hydrogen) atoms. The molecule has 0 fully saturated rings. The number of sulfonamides is 1. The van der Waals surface area contributed by atoms with Gasteiger partial charge in [-0.3, -0.25) is 0 Å². The number of aryl methyl sites for hydroxylation is 1. The highest BCUT2D eigenvalue weighted by Crippen LogP contribution is 2.53. The third kappa shape index (κ3) is 3.37. The molecule has 152 valence electrons. The molecule has 0 saturated heterocycles. The summed E-state index contributed by atoms with van der Waals surface area (Å²) in [6, 6.07) is 18.5. The van der Waals surface area contributed by atoms with E-state index in [2.05, 4.69) is 14.9 Å². The Morgan fingerprint density at radius 2 is 1.70 bits per heavy atom. The summed E-state index contributed by atoms with van der Waals surface area (Å²) in [4.78, 5) is 0.250. The fraction of sp³-hybridized carbons (Fsp3) is 0.143. The second-order valence-electron chi connectivity index (χ2n) is 7.15. The zero-order valence-corrected chi connectivity index (χ0v) is 18.4. The number of nitrogens with zero attached hydrogens (tertiary/aromatic N) is 2. The lowest BCUT2D eigenvalue weighted by molar-refractivity contribution is 0.557. The highest BCUT2D eigenvalue weighted by atomic mass is 32.2. The van der Waals surface area contributed by atoms with Crippen molar-refractivity contribution in [2.45, 2.75) is 27.5 Å². The number of anilines is 1. The van der Waals surface area contributed by atoms with E-state index in [9.17, 15) is 8.42 Å². The van der Waals surface area contributed by atoms with Gasteiger partial charge in [-0.2, -0.15) is 0 Å². The van der Waals surface area contributed by atoms with Crippen LogP contribution in [0.3, 0.4) is 0 Å². The van der Waals surface area contributed by atoms with E-state index in [4.69, 9.17) is 5.73 Å². The minimum Gasteiger partial charge on any atom is -0.374 e. The highest BCUT2D eigenvalue weighted by molar-refractivity contribution is 8.01. The molecule has 1 aliphatic carbocycles. The zero-order valence-electron chi connectivity index (χ0n) is 15.9. The maximum Gasteiger partial charge on any atom is 0.241 e. The van der Waals surface area contributed by atoms with E-state index in [0.717, 1.165) is 27.5 Å². The Morgan fingerprint density at radius 3 is 2.37 bits per heavy atom. The largest absolute Gasteiger partial charge is 0.374 e. The number of benzene rings is 3. The van der Waals surface area contributed by atoms with Crippen LogP contribution in [0.4, 0.5) is 5.13 Å². The van der Waals surface area contributed by atoms with Crippen molar-refractivity contribution in [1.29, 1.82) is 0 Å². The molecule has 0 bridgehead atoms. The van der Waals surface area contributed by atoms with E-state index in [1.807, 2.05) is 43.3 Å². The molecule has 3 aromatic carbocycles. The Balaban J connectivity index is 1.59. The molecule has 6 nitrogen and oxygen atoms in total. The van der Waals surface area contributed by atoms with Crippen LogP contribution in [-0.2, 0) is 10.0 Å². The summed E-state index contributed by atoms with van der Waals surface area (Å²) in [5.74, 6) is 0. The van der Waals surface area contributed by atoms with Gasteiger partial charge in [-0.1, -0.05) is 77.2 Å². The van der Waals surface area contributed by atoms with E-state index in [0.29, 0.717) is 9.47 Å². The number of nitrogen functional groups attached to an aromatic ring is 1. The van der Waals surface area contributed by atoms with E-state index in [1.165, 1.54) is 23.1 Å². The van der Waals surface area contributed by atoms with Crippen LogP contribution in [0.2, 0.25) is 0 Å². The highest BCUT2D eigenvalue weighted by Gasteiger charge is 2.38. The average molecular weight is 455 g/mol. The molecule has 1 heterocycles. The van der Waals surface area contributed by atoms with Crippen LogP contribution in [0.15, 0.2) is 69.9 Å². The molecule has 0 aliphatic heterocycles. The number of aromatic nitrogens is 2. The number of nitrogens with two attached hydrogens (primary N) is 1. The molecular formula is C21H18N4O2S3. The minimum absolute atomic E-state index is 0.182. The maximum atomic E-state index is 13.2. The molecule has 2 atom stereocenters. The Morgan fingerprint density at radius 1 is 1.00 bits per heavy atom. The summed E-state index contributed by atoms with van der Waals surface area (Å²) in [6.45, 7) is 1.93. The van der Waals surface area contributed by atoms with E-state index >= 15 is 0 Å². The Kier molecular flexibility index (Phi) is 4.78. The third-order valence-electron chi connectivity index (χ3n) is 5.18. The molecule has 0 saturated carbocycles. The van der Waals surface area contributed by atoms with Crippen LogP contribution in [0.1, 0.15) is 28.0 Å². The molecule has 0 amide bonds. The number of thioether (sulfide) groups is 1. The summed E-state index contributed by atoms with van der Waals surface area (Å²) >= 11 is 2.79. The molecule has 5 rings (SSSR count).